The van der Waals surface area contributed by atoms with Crippen LogP contribution < -0.4 is 4.74 Å². The van der Waals surface area contributed by atoms with Crippen LogP contribution in [0.4, 0.5) is 9.18 Å². The molecule has 6 nitrogen and oxygen atoms in total. The summed E-state index contributed by atoms with van der Waals surface area (Å²) in [6.07, 6.45) is 1.53. The molecule has 2 aromatic rings. The Morgan fingerprint density at radius 1 is 1.18 bits per heavy atom. The molecule has 0 radical (unpaired) electrons. The molecule has 0 atom stereocenters. The monoisotopic (exact) mass is 401 g/mol. The molecule has 8 heteroatoms. The first-order valence-corrected chi connectivity index (χ1v) is 9.08. The molecule has 0 aromatic heterocycles. The zero-order valence-electron chi connectivity index (χ0n) is 14.9. The second-order valence-corrected chi connectivity index (χ2v) is 6.79. The van der Waals surface area contributed by atoms with Gasteiger partial charge in [0.1, 0.15) is 24.7 Å². The Morgan fingerprint density at radius 2 is 1.96 bits per heavy atom. The van der Waals surface area contributed by atoms with Gasteiger partial charge in [0.05, 0.1) is 12.0 Å². The molecule has 2 amide bonds. The lowest BCUT2D eigenvalue weighted by atomic mass is 10.1. The van der Waals surface area contributed by atoms with Crippen molar-refractivity contribution in [3.8, 4) is 5.75 Å². The summed E-state index contributed by atoms with van der Waals surface area (Å²) in [5.74, 6) is -1.12. The maximum Gasteiger partial charge on any atom is 0.325 e. The molecule has 0 spiro atoms. The first kappa shape index (κ1) is 19.6. The lowest BCUT2D eigenvalue weighted by Gasteiger charge is -2.11. The average molecular weight is 401 g/mol. The third kappa shape index (κ3) is 4.58. The summed E-state index contributed by atoms with van der Waals surface area (Å²) >= 11 is 0.740. The predicted octanol–water partition coefficient (Wildman–Crippen LogP) is 3.61. The molecule has 0 saturated carbocycles. The fraction of sp³-hybridized carbons (Fsp3) is 0.150. The van der Waals surface area contributed by atoms with E-state index in [1.54, 1.807) is 36.4 Å². The number of thioether (sulfide) groups is 1. The lowest BCUT2D eigenvalue weighted by molar-refractivity contribution is -0.143. The molecular formula is C20H16FNO5S. The molecule has 1 heterocycles. The van der Waals surface area contributed by atoms with Crippen molar-refractivity contribution in [2.45, 2.75) is 6.61 Å². The molecular weight excluding hydrogens is 385 g/mol. The molecule has 1 saturated heterocycles. The van der Waals surface area contributed by atoms with Gasteiger partial charge in [-0.15, -0.1) is 0 Å². The number of benzene rings is 2. The summed E-state index contributed by atoms with van der Waals surface area (Å²) in [7, 11) is 1.18. The summed E-state index contributed by atoms with van der Waals surface area (Å²) < 4.78 is 23.6. The van der Waals surface area contributed by atoms with Crippen molar-refractivity contribution >= 4 is 35.0 Å². The Bertz CT molecular complexity index is 959. The quantitative estimate of drug-likeness (QED) is 0.544. The number of hydrogen-bond donors (Lipinski definition) is 0. The Hall–Kier alpha value is -3.13. The highest BCUT2D eigenvalue weighted by Crippen LogP contribution is 2.34. The number of ether oxygens (including phenoxy) is 2. The molecule has 1 aliphatic rings. The number of imide groups is 1. The molecule has 0 aliphatic carbocycles. The van der Waals surface area contributed by atoms with E-state index in [2.05, 4.69) is 4.74 Å². The summed E-state index contributed by atoms with van der Waals surface area (Å²) in [4.78, 5) is 36.8. The van der Waals surface area contributed by atoms with Crippen LogP contribution in [0.25, 0.3) is 6.08 Å². The van der Waals surface area contributed by atoms with Gasteiger partial charge < -0.3 is 9.47 Å². The van der Waals surface area contributed by atoms with Gasteiger partial charge in [-0.25, -0.2) is 4.39 Å². The zero-order chi connectivity index (χ0) is 20.1. The van der Waals surface area contributed by atoms with E-state index in [0.29, 0.717) is 16.9 Å². The van der Waals surface area contributed by atoms with Gasteiger partial charge in [0.15, 0.2) is 0 Å². The van der Waals surface area contributed by atoms with E-state index < -0.39 is 23.7 Å². The van der Waals surface area contributed by atoms with Crippen LogP contribution in [0.15, 0.2) is 53.4 Å². The normalized spacial score (nSPS) is 15.2. The molecule has 2 aromatic carbocycles. The van der Waals surface area contributed by atoms with Crippen molar-refractivity contribution in [1.82, 2.24) is 4.90 Å². The van der Waals surface area contributed by atoms with E-state index in [1.807, 2.05) is 0 Å². The number of hydrogen-bond acceptors (Lipinski definition) is 6. The molecule has 1 fully saturated rings. The number of esters is 1. The van der Waals surface area contributed by atoms with E-state index >= 15 is 0 Å². The molecule has 0 N–H and O–H groups in total. The number of carbonyl (C=O) groups excluding carboxylic acids is 3. The first-order valence-electron chi connectivity index (χ1n) is 8.26. The number of methoxy groups -OCH3 is 1. The maximum absolute atomic E-state index is 13.3. The second kappa shape index (κ2) is 8.71. The number of halogens is 1. The Labute approximate surface area is 164 Å². The minimum absolute atomic E-state index is 0.145. The highest BCUT2D eigenvalue weighted by atomic mass is 32.2. The van der Waals surface area contributed by atoms with Crippen LogP contribution in [0, 0.1) is 5.82 Å². The first-order chi connectivity index (χ1) is 13.5. The van der Waals surface area contributed by atoms with Crippen LogP contribution in [0.2, 0.25) is 0 Å². The fourth-order valence-electron chi connectivity index (χ4n) is 2.49. The molecule has 0 unspecified atom stereocenters. The Balaban J connectivity index is 1.78. The minimum atomic E-state index is -0.678. The summed E-state index contributed by atoms with van der Waals surface area (Å²) in [6, 6.07) is 13.0. The third-order valence-corrected chi connectivity index (χ3v) is 4.78. The van der Waals surface area contributed by atoms with Crippen LogP contribution in [0.5, 0.6) is 5.75 Å². The fourth-order valence-corrected chi connectivity index (χ4v) is 3.32. The van der Waals surface area contributed by atoms with Gasteiger partial charge in [0.2, 0.25) is 0 Å². The van der Waals surface area contributed by atoms with Crippen molar-refractivity contribution in [1.29, 1.82) is 0 Å². The Kier molecular flexibility index (Phi) is 6.10. The standard InChI is InChI=1S/C20H16FNO5S/c1-26-18(23)11-22-19(24)17(28-20(22)25)10-14-6-2-3-8-16(14)27-12-13-5-4-7-15(21)9-13/h2-10H,11-12H2,1H3. The molecule has 0 bridgehead atoms. The molecule has 28 heavy (non-hydrogen) atoms. The van der Waals surface area contributed by atoms with E-state index in [4.69, 9.17) is 4.74 Å². The van der Waals surface area contributed by atoms with Crippen molar-refractivity contribution < 1.29 is 28.2 Å². The maximum atomic E-state index is 13.3. The zero-order valence-corrected chi connectivity index (χ0v) is 15.7. The van der Waals surface area contributed by atoms with Gasteiger partial charge in [-0.1, -0.05) is 30.3 Å². The van der Waals surface area contributed by atoms with Crippen LogP contribution in [-0.4, -0.2) is 35.7 Å². The number of carbonyl (C=O) groups is 3. The second-order valence-electron chi connectivity index (χ2n) is 5.80. The Morgan fingerprint density at radius 3 is 2.71 bits per heavy atom. The lowest BCUT2D eigenvalue weighted by Crippen LogP contribution is -2.34. The number of para-hydroxylation sites is 1. The van der Waals surface area contributed by atoms with Gasteiger partial charge in [0.25, 0.3) is 11.1 Å². The molecule has 144 valence electrons. The van der Waals surface area contributed by atoms with Crippen LogP contribution in [0.1, 0.15) is 11.1 Å². The average Bonchev–Trinajstić information content (AvgIpc) is 2.94. The minimum Gasteiger partial charge on any atom is -0.488 e. The third-order valence-electron chi connectivity index (χ3n) is 3.88. The highest BCUT2D eigenvalue weighted by molar-refractivity contribution is 8.18. The van der Waals surface area contributed by atoms with Gasteiger partial charge in [-0.05, 0) is 41.6 Å². The summed E-state index contributed by atoms with van der Waals surface area (Å²) in [6.45, 7) is -0.289. The van der Waals surface area contributed by atoms with Crippen molar-refractivity contribution in [2.75, 3.05) is 13.7 Å². The summed E-state index contributed by atoms with van der Waals surface area (Å²) in [5, 5.41) is -0.542. The topological polar surface area (TPSA) is 72.9 Å². The van der Waals surface area contributed by atoms with Crippen LogP contribution in [0.3, 0.4) is 0 Å². The van der Waals surface area contributed by atoms with E-state index in [1.165, 1.54) is 25.3 Å². The van der Waals surface area contributed by atoms with E-state index in [-0.39, 0.29) is 17.3 Å². The van der Waals surface area contributed by atoms with E-state index in [0.717, 1.165) is 16.7 Å². The van der Waals surface area contributed by atoms with E-state index in [9.17, 15) is 18.8 Å². The van der Waals surface area contributed by atoms with Crippen molar-refractivity contribution in [3.63, 3.8) is 0 Å². The van der Waals surface area contributed by atoms with Crippen LogP contribution in [-0.2, 0) is 20.9 Å². The van der Waals surface area contributed by atoms with Crippen LogP contribution >= 0.6 is 11.8 Å². The largest absolute Gasteiger partial charge is 0.488 e. The summed E-state index contributed by atoms with van der Waals surface area (Å²) in [5.41, 5.74) is 1.25. The molecule has 3 rings (SSSR count). The predicted molar refractivity (Wildman–Crippen MR) is 102 cm³/mol. The van der Waals surface area contributed by atoms with Gasteiger partial charge in [-0.2, -0.15) is 0 Å². The SMILES string of the molecule is COC(=O)CN1C(=O)SC(=Cc2ccccc2OCc2cccc(F)c2)C1=O. The molecule has 1 aliphatic heterocycles. The van der Waals surface area contributed by atoms with Crippen molar-refractivity contribution in [3.05, 3.63) is 70.4 Å². The highest BCUT2D eigenvalue weighted by Gasteiger charge is 2.36. The number of rotatable bonds is 6. The van der Waals surface area contributed by atoms with Gasteiger partial charge >= 0.3 is 5.97 Å². The number of nitrogens with zero attached hydrogens (tertiary/aromatic N) is 1. The van der Waals surface area contributed by atoms with Gasteiger partial charge in [-0.3, -0.25) is 19.3 Å². The smallest absolute Gasteiger partial charge is 0.325 e. The number of amides is 2. The van der Waals surface area contributed by atoms with Gasteiger partial charge in [0, 0.05) is 5.56 Å². The van der Waals surface area contributed by atoms with Crippen molar-refractivity contribution in [2.24, 2.45) is 0 Å².